The van der Waals surface area contributed by atoms with Crippen LogP contribution >= 0.6 is 0 Å². The van der Waals surface area contributed by atoms with Gasteiger partial charge in [-0.2, -0.15) is 8.78 Å². The molecule has 1 saturated heterocycles. The van der Waals surface area contributed by atoms with Crippen molar-refractivity contribution in [1.82, 2.24) is 5.32 Å². The molecule has 1 aliphatic rings. The summed E-state index contributed by atoms with van der Waals surface area (Å²) in [4.78, 5) is 10.7. The number of carbonyl (C=O) groups excluding carboxylic acids is 1. The summed E-state index contributed by atoms with van der Waals surface area (Å²) in [6.45, 7) is 0.454. The Morgan fingerprint density at radius 3 is 2.83 bits per heavy atom. The summed E-state index contributed by atoms with van der Waals surface area (Å²) in [5, 5.41) is 2.85. The maximum absolute atomic E-state index is 12.9. The summed E-state index contributed by atoms with van der Waals surface area (Å²) >= 11 is 0. The number of rotatable bonds is 4. The second kappa shape index (κ2) is 4.97. The van der Waals surface area contributed by atoms with E-state index in [1.807, 2.05) is 0 Å². The average molecular weight is 259 g/mol. The summed E-state index contributed by atoms with van der Waals surface area (Å²) in [5.41, 5.74) is 0.700. The summed E-state index contributed by atoms with van der Waals surface area (Å²) in [6, 6.07) is 5.95. The number of nitrogens with one attached hydrogen (secondary N) is 1. The lowest BCUT2D eigenvalue weighted by molar-refractivity contribution is -0.159. The number of cyclic esters (lactones) is 1. The predicted molar refractivity (Wildman–Crippen MR) is 57.6 cm³/mol. The van der Waals surface area contributed by atoms with Gasteiger partial charge in [-0.25, -0.2) is 9.18 Å². The van der Waals surface area contributed by atoms with E-state index in [0.717, 1.165) is 0 Å². The zero-order valence-corrected chi connectivity index (χ0v) is 9.46. The molecule has 0 spiro atoms. The third-order valence-corrected chi connectivity index (χ3v) is 2.65. The molecule has 1 aliphatic heterocycles. The van der Waals surface area contributed by atoms with Crippen LogP contribution in [0.25, 0.3) is 0 Å². The minimum Gasteiger partial charge on any atom is -0.456 e. The monoisotopic (exact) mass is 259 g/mol. The number of alkyl halides is 2. The molecule has 1 unspecified atom stereocenters. The van der Waals surface area contributed by atoms with Crippen molar-refractivity contribution in [2.24, 2.45) is 0 Å². The van der Waals surface area contributed by atoms with E-state index < -0.39 is 24.4 Å². The lowest BCUT2D eigenvalue weighted by atomic mass is 10.2. The van der Waals surface area contributed by atoms with Crippen LogP contribution in [0.4, 0.5) is 13.2 Å². The number of hydrogen-bond acceptors (Lipinski definition) is 3. The highest BCUT2D eigenvalue weighted by Crippen LogP contribution is 2.30. The number of ether oxygens (including phenoxy) is 1. The molecule has 0 aliphatic carbocycles. The van der Waals surface area contributed by atoms with Crippen LogP contribution in [-0.2, 0) is 16.1 Å². The lowest BCUT2D eigenvalue weighted by Gasteiger charge is -2.09. The Morgan fingerprint density at radius 1 is 1.44 bits per heavy atom. The molecule has 0 radical (unpaired) electrons. The van der Waals surface area contributed by atoms with E-state index in [2.05, 4.69) is 10.1 Å². The van der Waals surface area contributed by atoms with Gasteiger partial charge in [-0.3, -0.25) is 0 Å². The van der Waals surface area contributed by atoms with E-state index >= 15 is 0 Å². The molecule has 6 heteroatoms. The average Bonchev–Trinajstić information content (AvgIpc) is 2.53. The minimum atomic E-state index is -3.38. The van der Waals surface area contributed by atoms with Gasteiger partial charge >= 0.3 is 11.9 Å². The lowest BCUT2D eigenvalue weighted by Crippen LogP contribution is -2.26. The van der Waals surface area contributed by atoms with Crippen LogP contribution in [0.15, 0.2) is 24.3 Å². The molecule has 1 atom stereocenters. The Labute approximate surface area is 102 Å². The molecule has 98 valence electrons. The molecular formula is C12H12F3NO2. The molecule has 1 heterocycles. The first-order valence-corrected chi connectivity index (χ1v) is 5.51. The Kier molecular flexibility index (Phi) is 3.56. The molecule has 2 rings (SSSR count). The third kappa shape index (κ3) is 3.01. The first-order chi connectivity index (χ1) is 8.47. The van der Waals surface area contributed by atoms with Crippen LogP contribution in [-0.4, -0.2) is 24.5 Å². The van der Waals surface area contributed by atoms with Crippen LogP contribution in [0.1, 0.15) is 12.0 Å². The van der Waals surface area contributed by atoms with Gasteiger partial charge in [-0.1, -0.05) is 12.1 Å². The molecule has 1 aromatic carbocycles. The first kappa shape index (κ1) is 12.9. The second-order valence-corrected chi connectivity index (χ2v) is 4.20. The van der Waals surface area contributed by atoms with Gasteiger partial charge < -0.3 is 10.1 Å². The molecule has 0 amide bonds. The Balaban J connectivity index is 1.78. The highest BCUT2D eigenvalue weighted by atomic mass is 19.3. The number of halogens is 3. The summed E-state index contributed by atoms with van der Waals surface area (Å²) in [7, 11) is 0. The van der Waals surface area contributed by atoms with Crippen LogP contribution in [0.5, 0.6) is 0 Å². The van der Waals surface area contributed by atoms with E-state index in [0.29, 0.717) is 12.1 Å². The number of carbonyl (C=O) groups is 1. The molecule has 1 N–H and O–H groups in total. The fraction of sp³-hybridized carbons (Fsp3) is 0.417. The number of esters is 1. The third-order valence-electron chi connectivity index (χ3n) is 2.65. The van der Waals surface area contributed by atoms with Crippen molar-refractivity contribution in [3.63, 3.8) is 0 Å². The molecule has 18 heavy (non-hydrogen) atoms. The van der Waals surface area contributed by atoms with Gasteiger partial charge in [0.15, 0.2) is 0 Å². The fourth-order valence-electron chi connectivity index (χ4n) is 1.79. The van der Waals surface area contributed by atoms with Crippen LogP contribution in [0.2, 0.25) is 0 Å². The minimum absolute atomic E-state index is 0.123. The fourth-order valence-corrected chi connectivity index (χ4v) is 1.79. The van der Waals surface area contributed by atoms with Crippen molar-refractivity contribution in [2.45, 2.75) is 25.0 Å². The van der Waals surface area contributed by atoms with Crippen molar-refractivity contribution < 1.29 is 22.7 Å². The Hall–Kier alpha value is -1.56. The maximum atomic E-state index is 12.9. The van der Waals surface area contributed by atoms with Crippen LogP contribution < -0.4 is 5.32 Å². The first-order valence-electron chi connectivity index (χ1n) is 5.51. The van der Waals surface area contributed by atoms with E-state index in [1.165, 1.54) is 12.1 Å². The molecule has 0 aromatic heterocycles. The topological polar surface area (TPSA) is 38.3 Å². The van der Waals surface area contributed by atoms with E-state index in [9.17, 15) is 18.0 Å². The molecule has 3 nitrogen and oxygen atoms in total. The predicted octanol–water partition coefficient (Wildman–Crippen LogP) is 1.87. The van der Waals surface area contributed by atoms with E-state index in [1.54, 1.807) is 12.1 Å². The summed E-state index contributed by atoms with van der Waals surface area (Å²) in [5.74, 6) is -5.21. The highest BCUT2D eigenvalue weighted by molar-refractivity contribution is 5.79. The SMILES string of the molecule is O=C1OC(CNCc2cccc(F)c2)CC1(F)F. The Morgan fingerprint density at radius 2 is 2.22 bits per heavy atom. The van der Waals surface area contributed by atoms with Crippen molar-refractivity contribution >= 4 is 5.97 Å². The van der Waals surface area contributed by atoms with Crippen LogP contribution in [0.3, 0.4) is 0 Å². The normalized spacial score (nSPS) is 21.9. The van der Waals surface area contributed by atoms with Crippen molar-refractivity contribution in [1.29, 1.82) is 0 Å². The molecular weight excluding hydrogens is 247 g/mol. The van der Waals surface area contributed by atoms with Crippen LogP contribution in [0, 0.1) is 5.82 Å². The van der Waals surface area contributed by atoms with E-state index in [-0.39, 0.29) is 12.4 Å². The van der Waals surface area contributed by atoms with Gasteiger partial charge in [0.25, 0.3) is 0 Å². The number of hydrogen-bond donors (Lipinski definition) is 1. The Bertz CT molecular complexity index is 451. The molecule has 1 aromatic rings. The van der Waals surface area contributed by atoms with Gasteiger partial charge in [0, 0.05) is 13.1 Å². The molecule has 0 saturated carbocycles. The summed E-state index contributed by atoms with van der Waals surface area (Å²) < 4.78 is 43.0. The zero-order valence-electron chi connectivity index (χ0n) is 9.46. The largest absolute Gasteiger partial charge is 0.456 e. The zero-order chi connectivity index (χ0) is 13.2. The van der Waals surface area contributed by atoms with E-state index in [4.69, 9.17) is 0 Å². The van der Waals surface area contributed by atoms with Crippen molar-refractivity contribution in [2.75, 3.05) is 6.54 Å². The van der Waals surface area contributed by atoms with Gasteiger partial charge in [0.2, 0.25) is 0 Å². The van der Waals surface area contributed by atoms with Gasteiger partial charge in [-0.05, 0) is 17.7 Å². The second-order valence-electron chi connectivity index (χ2n) is 4.20. The van der Waals surface area contributed by atoms with Crippen molar-refractivity contribution in [3.8, 4) is 0 Å². The standard InChI is InChI=1S/C12H12F3NO2/c13-9-3-1-2-8(4-9)6-16-7-10-5-12(14,15)11(17)18-10/h1-4,10,16H,5-7H2. The van der Waals surface area contributed by atoms with Gasteiger partial charge in [-0.15, -0.1) is 0 Å². The van der Waals surface area contributed by atoms with Gasteiger partial charge in [0.05, 0.1) is 6.42 Å². The summed E-state index contributed by atoms with van der Waals surface area (Å²) in [6.07, 6.45) is -1.44. The van der Waals surface area contributed by atoms with Crippen molar-refractivity contribution in [3.05, 3.63) is 35.6 Å². The number of benzene rings is 1. The smallest absolute Gasteiger partial charge is 0.377 e. The maximum Gasteiger partial charge on any atom is 0.377 e. The highest BCUT2D eigenvalue weighted by Gasteiger charge is 2.50. The quantitative estimate of drug-likeness (QED) is 0.839. The molecule has 1 fully saturated rings. The molecule has 0 bridgehead atoms. The van der Waals surface area contributed by atoms with Gasteiger partial charge in [0.1, 0.15) is 11.9 Å².